The maximum atomic E-state index is 4.03. The van der Waals surface area contributed by atoms with E-state index in [0.29, 0.717) is 0 Å². The summed E-state index contributed by atoms with van der Waals surface area (Å²) in [5.41, 5.74) is 2.03. The SMILES string of the molecule is C=Cc1cnn(C)c1C=C. The minimum absolute atomic E-state index is 1.01. The van der Waals surface area contributed by atoms with Crippen molar-refractivity contribution in [2.75, 3.05) is 0 Å². The van der Waals surface area contributed by atoms with E-state index < -0.39 is 0 Å². The summed E-state index contributed by atoms with van der Waals surface area (Å²) in [4.78, 5) is 0. The Kier molecular flexibility index (Phi) is 1.71. The van der Waals surface area contributed by atoms with E-state index in [-0.39, 0.29) is 0 Å². The Hall–Kier alpha value is -1.31. The number of hydrogen-bond donors (Lipinski definition) is 0. The molecule has 0 radical (unpaired) electrons. The predicted molar refractivity (Wildman–Crippen MR) is 43.4 cm³/mol. The van der Waals surface area contributed by atoms with Gasteiger partial charge in [-0.1, -0.05) is 19.2 Å². The summed E-state index contributed by atoms with van der Waals surface area (Å²) in [7, 11) is 1.88. The molecule has 1 aromatic rings. The van der Waals surface area contributed by atoms with Crippen molar-refractivity contribution in [1.82, 2.24) is 9.78 Å². The van der Waals surface area contributed by atoms with Crippen molar-refractivity contribution < 1.29 is 0 Å². The number of rotatable bonds is 2. The van der Waals surface area contributed by atoms with E-state index in [1.54, 1.807) is 23.0 Å². The van der Waals surface area contributed by atoms with Crippen LogP contribution in [0.25, 0.3) is 12.2 Å². The minimum Gasteiger partial charge on any atom is -0.268 e. The van der Waals surface area contributed by atoms with Crippen LogP contribution < -0.4 is 0 Å². The van der Waals surface area contributed by atoms with Crippen LogP contribution in [0.15, 0.2) is 19.4 Å². The van der Waals surface area contributed by atoms with Gasteiger partial charge in [0.25, 0.3) is 0 Å². The Morgan fingerprint density at radius 1 is 1.50 bits per heavy atom. The molecular formula is C8H10N2. The van der Waals surface area contributed by atoms with Gasteiger partial charge in [0.05, 0.1) is 11.9 Å². The second-order valence-corrected chi connectivity index (χ2v) is 2.02. The summed E-state index contributed by atoms with van der Waals surface area (Å²) in [6.45, 7) is 7.32. The summed E-state index contributed by atoms with van der Waals surface area (Å²) in [5, 5.41) is 4.03. The first-order chi connectivity index (χ1) is 4.79. The van der Waals surface area contributed by atoms with Crippen LogP contribution in [0, 0.1) is 0 Å². The van der Waals surface area contributed by atoms with Crippen LogP contribution in [0.2, 0.25) is 0 Å². The third-order valence-corrected chi connectivity index (χ3v) is 1.43. The highest BCUT2D eigenvalue weighted by Crippen LogP contribution is 2.08. The van der Waals surface area contributed by atoms with Crippen molar-refractivity contribution in [3.05, 3.63) is 30.6 Å². The summed E-state index contributed by atoms with van der Waals surface area (Å²) < 4.78 is 1.77. The molecular weight excluding hydrogens is 124 g/mol. The second kappa shape index (κ2) is 2.52. The normalized spacial score (nSPS) is 9.30. The third-order valence-electron chi connectivity index (χ3n) is 1.43. The van der Waals surface area contributed by atoms with Crippen molar-refractivity contribution >= 4 is 12.2 Å². The molecule has 2 nitrogen and oxygen atoms in total. The molecule has 0 aliphatic heterocycles. The number of aryl methyl sites for hydroxylation is 1. The van der Waals surface area contributed by atoms with Gasteiger partial charge in [-0.15, -0.1) is 0 Å². The topological polar surface area (TPSA) is 17.8 Å². The lowest BCUT2D eigenvalue weighted by molar-refractivity contribution is 0.759. The smallest absolute Gasteiger partial charge is 0.0672 e. The zero-order chi connectivity index (χ0) is 7.56. The monoisotopic (exact) mass is 134 g/mol. The number of nitrogens with zero attached hydrogens (tertiary/aromatic N) is 2. The van der Waals surface area contributed by atoms with E-state index in [4.69, 9.17) is 0 Å². The molecule has 0 bridgehead atoms. The average Bonchev–Trinajstić information content (AvgIpc) is 2.30. The van der Waals surface area contributed by atoms with Crippen LogP contribution in [0.1, 0.15) is 11.3 Å². The molecule has 0 unspecified atom stereocenters. The largest absolute Gasteiger partial charge is 0.268 e. The quantitative estimate of drug-likeness (QED) is 0.602. The van der Waals surface area contributed by atoms with Crippen molar-refractivity contribution in [1.29, 1.82) is 0 Å². The van der Waals surface area contributed by atoms with Gasteiger partial charge < -0.3 is 0 Å². The van der Waals surface area contributed by atoms with Crippen LogP contribution in [-0.4, -0.2) is 9.78 Å². The molecule has 1 heterocycles. The Bertz CT molecular complexity index is 258. The summed E-state index contributed by atoms with van der Waals surface area (Å²) in [6.07, 6.45) is 5.30. The summed E-state index contributed by atoms with van der Waals surface area (Å²) in [5.74, 6) is 0. The maximum Gasteiger partial charge on any atom is 0.0672 e. The van der Waals surface area contributed by atoms with E-state index in [0.717, 1.165) is 11.3 Å². The Morgan fingerprint density at radius 3 is 2.60 bits per heavy atom. The lowest BCUT2D eigenvalue weighted by Crippen LogP contribution is -1.92. The zero-order valence-electron chi connectivity index (χ0n) is 6.04. The van der Waals surface area contributed by atoms with Gasteiger partial charge in [-0.3, -0.25) is 4.68 Å². The van der Waals surface area contributed by atoms with Gasteiger partial charge in [0.15, 0.2) is 0 Å². The molecule has 52 valence electrons. The van der Waals surface area contributed by atoms with E-state index in [1.807, 2.05) is 7.05 Å². The van der Waals surface area contributed by atoms with Gasteiger partial charge in [-0.2, -0.15) is 5.10 Å². The fourth-order valence-electron chi connectivity index (χ4n) is 0.871. The van der Waals surface area contributed by atoms with Crippen LogP contribution in [-0.2, 0) is 7.05 Å². The Balaban J connectivity index is 3.25. The molecule has 0 aromatic carbocycles. The highest BCUT2D eigenvalue weighted by molar-refractivity contribution is 5.59. The van der Waals surface area contributed by atoms with Gasteiger partial charge in [-0.05, 0) is 6.08 Å². The molecule has 1 aromatic heterocycles. The van der Waals surface area contributed by atoms with Gasteiger partial charge in [0.1, 0.15) is 0 Å². The third kappa shape index (κ3) is 0.880. The molecule has 0 spiro atoms. The highest BCUT2D eigenvalue weighted by atomic mass is 15.3. The molecule has 0 saturated carbocycles. The number of aromatic nitrogens is 2. The van der Waals surface area contributed by atoms with E-state index in [1.165, 1.54) is 0 Å². The van der Waals surface area contributed by atoms with Crippen LogP contribution >= 0.6 is 0 Å². The van der Waals surface area contributed by atoms with Crippen molar-refractivity contribution in [3.63, 3.8) is 0 Å². The molecule has 0 aliphatic rings. The molecule has 2 heteroatoms. The van der Waals surface area contributed by atoms with Crippen molar-refractivity contribution in [2.24, 2.45) is 7.05 Å². The minimum atomic E-state index is 1.01. The second-order valence-electron chi connectivity index (χ2n) is 2.02. The fraction of sp³-hybridized carbons (Fsp3) is 0.125. The zero-order valence-corrected chi connectivity index (χ0v) is 6.04. The summed E-state index contributed by atoms with van der Waals surface area (Å²) >= 11 is 0. The molecule has 0 fully saturated rings. The van der Waals surface area contributed by atoms with E-state index >= 15 is 0 Å². The summed E-state index contributed by atoms with van der Waals surface area (Å²) in [6, 6.07) is 0. The van der Waals surface area contributed by atoms with Crippen LogP contribution in [0.4, 0.5) is 0 Å². The van der Waals surface area contributed by atoms with Gasteiger partial charge in [0.2, 0.25) is 0 Å². The lowest BCUT2D eigenvalue weighted by Gasteiger charge is -1.93. The lowest BCUT2D eigenvalue weighted by atomic mass is 10.2. The molecule has 0 N–H and O–H groups in total. The first kappa shape index (κ1) is 6.81. The van der Waals surface area contributed by atoms with E-state index in [2.05, 4.69) is 18.3 Å². The molecule has 0 aliphatic carbocycles. The van der Waals surface area contributed by atoms with Crippen molar-refractivity contribution in [2.45, 2.75) is 0 Å². The van der Waals surface area contributed by atoms with E-state index in [9.17, 15) is 0 Å². The van der Waals surface area contributed by atoms with Crippen molar-refractivity contribution in [3.8, 4) is 0 Å². The van der Waals surface area contributed by atoms with Gasteiger partial charge in [0, 0.05) is 12.6 Å². The molecule has 1 rings (SSSR count). The number of hydrogen-bond acceptors (Lipinski definition) is 1. The Labute approximate surface area is 60.5 Å². The van der Waals surface area contributed by atoms with Crippen LogP contribution in [0.3, 0.4) is 0 Å². The molecule has 0 atom stereocenters. The molecule has 0 amide bonds. The molecule has 10 heavy (non-hydrogen) atoms. The standard InChI is InChI=1S/C8H10N2/c1-4-7-6-9-10(3)8(7)5-2/h4-6H,1-2H2,3H3. The first-order valence-corrected chi connectivity index (χ1v) is 3.06. The highest BCUT2D eigenvalue weighted by Gasteiger charge is 1.98. The molecule has 0 saturated heterocycles. The van der Waals surface area contributed by atoms with Crippen LogP contribution in [0.5, 0.6) is 0 Å². The fourth-order valence-corrected chi connectivity index (χ4v) is 0.871. The van der Waals surface area contributed by atoms with Gasteiger partial charge in [-0.25, -0.2) is 0 Å². The average molecular weight is 134 g/mol. The van der Waals surface area contributed by atoms with Gasteiger partial charge >= 0.3 is 0 Å². The maximum absolute atomic E-state index is 4.03. The first-order valence-electron chi connectivity index (χ1n) is 3.06. The predicted octanol–water partition coefficient (Wildman–Crippen LogP) is 1.71. The Morgan fingerprint density at radius 2 is 2.20 bits per heavy atom.